The maximum atomic E-state index is 12.6. The van der Waals surface area contributed by atoms with Crippen LogP contribution in [-0.2, 0) is 17.8 Å². The van der Waals surface area contributed by atoms with Crippen molar-refractivity contribution < 1.29 is 9.59 Å². The molecule has 0 aliphatic carbocycles. The van der Waals surface area contributed by atoms with Crippen molar-refractivity contribution in [2.24, 2.45) is 0 Å². The Hall–Kier alpha value is -2.63. The molecule has 1 saturated heterocycles. The molecule has 1 N–H and O–H groups in total. The van der Waals surface area contributed by atoms with Crippen LogP contribution in [0.2, 0.25) is 0 Å². The molecule has 4 rings (SSSR count). The Morgan fingerprint density at radius 1 is 1.33 bits per heavy atom. The van der Waals surface area contributed by atoms with E-state index < -0.39 is 6.04 Å². The number of H-pyrrole nitrogens is 1. The van der Waals surface area contributed by atoms with Crippen molar-refractivity contribution >= 4 is 17.6 Å². The minimum Gasteiger partial charge on any atom is -0.347 e. The second-order valence-electron chi connectivity index (χ2n) is 5.47. The molecular formula is C15H14N4O2. The molecule has 1 atom stereocenters. The van der Waals surface area contributed by atoms with E-state index in [9.17, 15) is 9.59 Å². The van der Waals surface area contributed by atoms with Gasteiger partial charge in [0.2, 0.25) is 0 Å². The fraction of sp³-hybridized carbons (Fsp3) is 0.267. The van der Waals surface area contributed by atoms with E-state index in [4.69, 9.17) is 0 Å². The number of rotatable bonds is 1. The van der Waals surface area contributed by atoms with E-state index >= 15 is 0 Å². The molecular weight excluding hydrogens is 268 g/mol. The molecule has 1 aromatic heterocycles. The maximum Gasteiger partial charge on any atom is 0.332 e. The average molecular weight is 282 g/mol. The van der Waals surface area contributed by atoms with Crippen molar-refractivity contribution in [2.45, 2.75) is 25.9 Å². The Balaban J connectivity index is 1.73. The number of imide groups is 1. The van der Waals surface area contributed by atoms with Crippen molar-refractivity contribution in [1.82, 2.24) is 14.9 Å². The first kappa shape index (κ1) is 12.1. The van der Waals surface area contributed by atoms with E-state index in [1.54, 1.807) is 17.3 Å². The fourth-order valence-corrected chi connectivity index (χ4v) is 3.03. The smallest absolute Gasteiger partial charge is 0.332 e. The first-order chi connectivity index (χ1) is 10.1. The summed E-state index contributed by atoms with van der Waals surface area (Å²) in [4.78, 5) is 35.4. The van der Waals surface area contributed by atoms with Crippen molar-refractivity contribution in [2.75, 3.05) is 4.90 Å². The van der Waals surface area contributed by atoms with Gasteiger partial charge in [-0.05, 0) is 24.6 Å². The number of urea groups is 1. The first-order valence-electron chi connectivity index (χ1n) is 6.87. The van der Waals surface area contributed by atoms with Crippen LogP contribution in [0.4, 0.5) is 10.5 Å². The monoisotopic (exact) mass is 282 g/mol. The molecule has 6 nitrogen and oxygen atoms in total. The first-order valence-corrected chi connectivity index (χ1v) is 6.87. The summed E-state index contributed by atoms with van der Waals surface area (Å²) in [5, 5.41) is 0. The van der Waals surface area contributed by atoms with Gasteiger partial charge in [0.15, 0.2) is 0 Å². The predicted molar refractivity (Wildman–Crippen MR) is 75.7 cm³/mol. The Morgan fingerprint density at radius 3 is 3.00 bits per heavy atom. The van der Waals surface area contributed by atoms with Crippen LogP contribution in [0.1, 0.15) is 17.0 Å². The summed E-state index contributed by atoms with van der Waals surface area (Å²) < 4.78 is 0. The lowest BCUT2D eigenvalue weighted by Gasteiger charge is -2.25. The van der Waals surface area contributed by atoms with Crippen molar-refractivity contribution in [3.05, 3.63) is 47.5 Å². The molecule has 0 bridgehead atoms. The minimum absolute atomic E-state index is 0.167. The lowest BCUT2D eigenvalue weighted by molar-refractivity contribution is -0.120. The number of benzene rings is 1. The van der Waals surface area contributed by atoms with E-state index in [1.165, 1.54) is 4.90 Å². The lowest BCUT2D eigenvalue weighted by atomic mass is 10.0. The predicted octanol–water partition coefficient (Wildman–Crippen LogP) is 1.61. The highest BCUT2D eigenvalue weighted by molar-refractivity contribution is 6.21. The molecule has 21 heavy (non-hydrogen) atoms. The van der Waals surface area contributed by atoms with E-state index in [2.05, 4.69) is 9.97 Å². The highest BCUT2D eigenvalue weighted by atomic mass is 16.2. The van der Waals surface area contributed by atoms with Gasteiger partial charge in [-0.25, -0.2) is 14.7 Å². The number of hydrogen-bond donors (Lipinski definition) is 1. The van der Waals surface area contributed by atoms with Gasteiger partial charge in [-0.3, -0.25) is 4.79 Å². The second kappa shape index (κ2) is 4.18. The summed E-state index contributed by atoms with van der Waals surface area (Å²) in [7, 11) is 0. The molecule has 2 aromatic rings. The Morgan fingerprint density at radius 2 is 2.19 bits per heavy atom. The molecule has 0 saturated carbocycles. The topological polar surface area (TPSA) is 69.3 Å². The Labute approximate surface area is 121 Å². The molecule has 3 amide bonds. The molecule has 1 unspecified atom stereocenters. The van der Waals surface area contributed by atoms with Gasteiger partial charge >= 0.3 is 6.03 Å². The number of hydrogen-bond acceptors (Lipinski definition) is 3. The number of amides is 3. The summed E-state index contributed by atoms with van der Waals surface area (Å²) in [6.07, 6.45) is 2.09. The zero-order chi connectivity index (χ0) is 14.6. The summed E-state index contributed by atoms with van der Waals surface area (Å²) in [6, 6.07) is 6.75. The average Bonchev–Trinajstić information content (AvgIpc) is 3.01. The number of nitrogens with one attached hydrogen (secondary N) is 1. The maximum absolute atomic E-state index is 12.6. The molecule has 0 radical (unpaired) electrons. The van der Waals surface area contributed by atoms with Crippen molar-refractivity contribution in [3.8, 4) is 0 Å². The normalized spacial score (nSPS) is 20.7. The number of imidazole rings is 1. The minimum atomic E-state index is -0.436. The standard InChI is InChI=1S/C15H14N4O2/c1-9-3-2-4-10(5-9)19-14(20)13-6-11-12(17-8-16-11)7-18(13)15(19)21/h2-5,8,13H,6-7H2,1H3,(H,16,17). The largest absolute Gasteiger partial charge is 0.347 e. The van der Waals surface area contributed by atoms with Crippen LogP contribution in [0.15, 0.2) is 30.6 Å². The number of aromatic nitrogens is 2. The van der Waals surface area contributed by atoms with Crippen molar-refractivity contribution in [3.63, 3.8) is 0 Å². The number of anilines is 1. The van der Waals surface area contributed by atoms with Crippen LogP contribution in [0.25, 0.3) is 0 Å². The van der Waals surface area contributed by atoms with Crippen LogP contribution in [0, 0.1) is 6.92 Å². The highest BCUT2D eigenvalue weighted by Gasteiger charge is 2.48. The molecule has 106 valence electrons. The van der Waals surface area contributed by atoms with Gasteiger partial charge in [0.25, 0.3) is 5.91 Å². The number of carbonyl (C=O) groups excluding carboxylic acids is 2. The van der Waals surface area contributed by atoms with Gasteiger partial charge in [-0.2, -0.15) is 0 Å². The Kier molecular flexibility index (Phi) is 2.42. The number of nitrogens with zero attached hydrogens (tertiary/aromatic N) is 3. The summed E-state index contributed by atoms with van der Waals surface area (Å²) in [5.74, 6) is -0.167. The van der Waals surface area contributed by atoms with E-state index in [0.717, 1.165) is 17.0 Å². The number of carbonyl (C=O) groups is 2. The van der Waals surface area contributed by atoms with Gasteiger partial charge in [0, 0.05) is 6.42 Å². The third-order valence-electron chi connectivity index (χ3n) is 4.10. The zero-order valence-electron chi connectivity index (χ0n) is 11.5. The number of fused-ring (bicyclic) bond motifs is 2. The summed E-state index contributed by atoms with van der Waals surface area (Å²) >= 11 is 0. The molecule has 1 fully saturated rings. The van der Waals surface area contributed by atoms with Gasteiger partial charge in [-0.1, -0.05) is 12.1 Å². The second-order valence-corrected chi connectivity index (χ2v) is 5.47. The molecule has 2 aliphatic rings. The van der Waals surface area contributed by atoms with Crippen molar-refractivity contribution in [1.29, 1.82) is 0 Å². The number of aromatic amines is 1. The molecule has 6 heteroatoms. The quantitative estimate of drug-likeness (QED) is 0.808. The molecule has 3 heterocycles. The van der Waals surface area contributed by atoms with Gasteiger partial charge in [0.1, 0.15) is 6.04 Å². The SMILES string of the molecule is Cc1cccc(N2C(=O)C3Cc4nc[nH]c4CN3C2=O)c1. The fourth-order valence-electron chi connectivity index (χ4n) is 3.03. The molecule has 0 spiro atoms. The van der Waals surface area contributed by atoms with Gasteiger partial charge in [-0.15, -0.1) is 0 Å². The van der Waals surface area contributed by atoms with E-state index in [1.807, 2.05) is 25.1 Å². The van der Waals surface area contributed by atoms with E-state index in [-0.39, 0.29) is 11.9 Å². The molecule has 2 aliphatic heterocycles. The number of aryl methyl sites for hydroxylation is 1. The van der Waals surface area contributed by atoms with Crippen LogP contribution < -0.4 is 4.90 Å². The summed E-state index contributed by atoms with van der Waals surface area (Å²) in [6.45, 7) is 2.35. The molecule has 1 aromatic carbocycles. The highest BCUT2D eigenvalue weighted by Crippen LogP contribution is 2.31. The lowest BCUT2D eigenvalue weighted by Crippen LogP contribution is -2.40. The Bertz CT molecular complexity index is 713. The third-order valence-corrected chi connectivity index (χ3v) is 4.10. The summed E-state index contributed by atoms with van der Waals surface area (Å²) in [5.41, 5.74) is 3.45. The van der Waals surface area contributed by atoms with E-state index in [0.29, 0.717) is 18.7 Å². The van der Waals surface area contributed by atoms with Crippen LogP contribution in [0.5, 0.6) is 0 Å². The van der Waals surface area contributed by atoms with Gasteiger partial charge in [0.05, 0.1) is 29.9 Å². The van der Waals surface area contributed by atoms with Crippen LogP contribution in [0.3, 0.4) is 0 Å². The van der Waals surface area contributed by atoms with Crippen LogP contribution >= 0.6 is 0 Å². The van der Waals surface area contributed by atoms with Crippen LogP contribution in [-0.4, -0.2) is 32.8 Å². The van der Waals surface area contributed by atoms with Gasteiger partial charge < -0.3 is 9.88 Å². The third kappa shape index (κ3) is 1.68. The zero-order valence-corrected chi connectivity index (χ0v) is 11.5.